The number of aryl methyl sites for hydroxylation is 2. The fraction of sp³-hybridized carbons (Fsp3) is 0.243. The first kappa shape index (κ1) is 29.3. The SMILES string of the molecule is CCCCOc1c(Oc2ccc(CC)cc2)c(Oc2ccc(CC)cc2)c(OCc2ccccc2)c2cc(Cl)ccc12. The van der Waals surface area contributed by atoms with Gasteiger partial charge in [-0.2, -0.15) is 0 Å². The minimum Gasteiger partial charge on any atom is -0.489 e. The molecule has 5 aromatic rings. The Bertz CT molecular complexity index is 1600. The number of benzene rings is 5. The number of hydrogen-bond acceptors (Lipinski definition) is 4. The third-order valence-corrected chi connectivity index (χ3v) is 7.40. The largest absolute Gasteiger partial charge is 0.489 e. The van der Waals surface area contributed by atoms with Gasteiger partial charge >= 0.3 is 0 Å². The Morgan fingerprint density at radius 1 is 0.548 bits per heavy atom. The van der Waals surface area contributed by atoms with E-state index in [1.165, 1.54) is 11.1 Å². The first-order chi connectivity index (χ1) is 20.6. The summed E-state index contributed by atoms with van der Waals surface area (Å²) in [6.45, 7) is 7.29. The molecule has 4 nitrogen and oxygen atoms in total. The molecule has 0 aliphatic rings. The zero-order chi connectivity index (χ0) is 29.3. The van der Waals surface area contributed by atoms with Gasteiger partial charge in [0.2, 0.25) is 11.5 Å². The van der Waals surface area contributed by atoms with Gasteiger partial charge in [0.1, 0.15) is 18.1 Å². The highest BCUT2D eigenvalue weighted by atomic mass is 35.5. The van der Waals surface area contributed by atoms with E-state index in [0.29, 0.717) is 52.7 Å². The molecule has 0 radical (unpaired) electrons. The second-order valence-electron chi connectivity index (χ2n) is 10.2. The molecule has 5 heteroatoms. The Morgan fingerprint density at radius 2 is 1.12 bits per heavy atom. The number of hydrogen-bond donors (Lipinski definition) is 0. The number of fused-ring (bicyclic) bond motifs is 1. The highest BCUT2D eigenvalue weighted by Crippen LogP contribution is 2.54. The maximum atomic E-state index is 6.67. The van der Waals surface area contributed by atoms with E-state index in [-0.39, 0.29) is 0 Å². The van der Waals surface area contributed by atoms with Crippen molar-refractivity contribution in [2.24, 2.45) is 0 Å². The van der Waals surface area contributed by atoms with Gasteiger partial charge in [-0.1, -0.05) is 93.4 Å². The quantitative estimate of drug-likeness (QED) is 0.130. The maximum absolute atomic E-state index is 6.67. The van der Waals surface area contributed by atoms with E-state index < -0.39 is 0 Å². The van der Waals surface area contributed by atoms with E-state index in [4.69, 9.17) is 30.5 Å². The second kappa shape index (κ2) is 14.2. The predicted octanol–water partition coefficient (Wildman–Crippen LogP) is 11.0. The van der Waals surface area contributed by atoms with E-state index in [1.54, 1.807) is 0 Å². The first-order valence-corrected chi connectivity index (χ1v) is 15.1. The van der Waals surface area contributed by atoms with Gasteiger partial charge in [0.25, 0.3) is 0 Å². The Labute approximate surface area is 253 Å². The fourth-order valence-electron chi connectivity index (χ4n) is 4.70. The molecule has 0 fully saturated rings. The molecule has 42 heavy (non-hydrogen) atoms. The Balaban J connectivity index is 1.72. The van der Waals surface area contributed by atoms with Crippen LogP contribution in [0.3, 0.4) is 0 Å². The van der Waals surface area contributed by atoms with Crippen molar-refractivity contribution < 1.29 is 18.9 Å². The molecule has 0 N–H and O–H groups in total. The van der Waals surface area contributed by atoms with Crippen LogP contribution in [0.25, 0.3) is 10.8 Å². The zero-order valence-electron chi connectivity index (χ0n) is 24.5. The molecular weight excluding hydrogens is 544 g/mol. The first-order valence-electron chi connectivity index (χ1n) is 14.7. The van der Waals surface area contributed by atoms with Crippen LogP contribution in [0.2, 0.25) is 5.02 Å². The molecule has 0 unspecified atom stereocenters. The summed E-state index contributed by atoms with van der Waals surface area (Å²) in [5.41, 5.74) is 3.49. The normalized spacial score (nSPS) is 11.0. The molecule has 5 rings (SSSR count). The van der Waals surface area contributed by atoms with Gasteiger partial charge in [0, 0.05) is 15.8 Å². The van der Waals surface area contributed by atoms with Crippen LogP contribution in [-0.4, -0.2) is 6.61 Å². The number of rotatable bonds is 13. The summed E-state index contributed by atoms with van der Waals surface area (Å²) in [5.74, 6) is 3.40. The average Bonchev–Trinajstić information content (AvgIpc) is 3.03. The van der Waals surface area contributed by atoms with Gasteiger partial charge in [-0.3, -0.25) is 0 Å². The van der Waals surface area contributed by atoms with Crippen molar-refractivity contribution in [1.29, 1.82) is 0 Å². The van der Waals surface area contributed by atoms with Gasteiger partial charge in [-0.25, -0.2) is 0 Å². The van der Waals surface area contributed by atoms with Gasteiger partial charge in [-0.15, -0.1) is 0 Å². The number of unbranched alkanes of at least 4 members (excludes halogenated alkanes) is 1. The number of ether oxygens (including phenoxy) is 4. The Kier molecular flexibility index (Phi) is 9.89. The van der Waals surface area contributed by atoms with Crippen molar-refractivity contribution in [1.82, 2.24) is 0 Å². The summed E-state index contributed by atoms with van der Waals surface area (Å²) in [4.78, 5) is 0. The Hall–Kier alpha value is -4.15. The molecule has 0 bridgehead atoms. The lowest BCUT2D eigenvalue weighted by Crippen LogP contribution is -2.04. The molecule has 5 aromatic carbocycles. The standard InChI is InChI=1S/C37H37ClO4/c1-4-7-23-39-34-32-22-17-29(38)24-33(32)35(40-25-28-11-9-8-10-12-28)37(42-31-20-15-27(6-3)16-21-31)36(34)41-30-18-13-26(5-2)14-19-30/h8-22,24H,4-7,23,25H2,1-3H3. The minimum absolute atomic E-state index is 0.342. The molecule has 216 valence electrons. The van der Waals surface area contributed by atoms with Crippen LogP contribution < -0.4 is 18.9 Å². The van der Waals surface area contributed by atoms with Crippen molar-refractivity contribution >= 4 is 22.4 Å². The molecule has 0 aromatic heterocycles. The zero-order valence-corrected chi connectivity index (χ0v) is 25.2. The van der Waals surface area contributed by atoms with Gasteiger partial charge in [0.05, 0.1) is 6.61 Å². The van der Waals surface area contributed by atoms with E-state index >= 15 is 0 Å². The summed E-state index contributed by atoms with van der Waals surface area (Å²) in [7, 11) is 0. The van der Waals surface area contributed by atoms with Crippen LogP contribution in [-0.2, 0) is 19.4 Å². The highest BCUT2D eigenvalue weighted by Gasteiger charge is 2.27. The molecule has 0 amide bonds. The minimum atomic E-state index is 0.342. The van der Waals surface area contributed by atoms with Crippen molar-refractivity contribution in [3.05, 3.63) is 119 Å². The average molecular weight is 581 g/mol. The van der Waals surface area contributed by atoms with Crippen molar-refractivity contribution in [3.63, 3.8) is 0 Å². The van der Waals surface area contributed by atoms with Crippen LogP contribution in [0.5, 0.6) is 34.5 Å². The fourth-order valence-corrected chi connectivity index (χ4v) is 4.87. The predicted molar refractivity (Wildman–Crippen MR) is 172 cm³/mol. The third-order valence-electron chi connectivity index (χ3n) is 7.16. The molecule has 0 aliphatic carbocycles. The topological polar surface area (TPSA) is 36.9 Å². The summed E-state index contributed by atoms with van der Waals surface area (Å²) in [6.07, 6.45) is 3.80. The van der Waals surface area contributed by atoms with E-state index in [1.807, 2.05) is 72.8 Å². The molecular formula is C37H37ClO4. The molecule has 0 atom stereocenters. The van der Waals surface area contributed by atoms with E-state index in [2.05, 4.69) is 45.0 Å². The van der Waals surface area contributed by atoms with E-state index in [9.17, 15) is 0 Å². The number of halogens is 1. The van der Waals surface area contributed by atoms with Crippen molar-refractivity contribution in [3.8, 4) is 34.5 Å². The van der Waals surface area contributed by atoms with Crippen LogP contribution in [0.4, 0.5) is 0 Å². The van der Waals surface area contributed by atoms with E-state index in [0.717, 1.165) is 42.0 Å². The van der Waals surface area contributed by atoms with Crippen LogP contribution in [0.15, 0.2) is 97.1 Å². The highest BCUT2D eigenvalue weighted by molar-refractivity contribution is 6.31. The monoisotopic (exact) mass is 580 g/mol. The lowest BCUT2D eigenvalue weighted by molar-refractivity contribution is 0.277. The van der Waals surface area contributed by atoms with Gasteiger partial charge in [0.15, 0.2) is 11.5 Å². The third kappa shape index (κ3) is 7.00. The van der Waals surface area contributed by atoms with Crippen LogP contribution >= 0.6 is 11.6 Å². The van der Waals surface area contributed by atoms with Gasteiger partial charge < -0.3 is 18.9 Å². The smallest absolute Gasteiger partial charge is 0.216 e. The summed E-state index contributed by atoms with van der Waals surface area (Å²) < 4.78 is 26.4. The summed E-state index contributed by atoms with van der Waals surface area (Å²) >= 11 is 6.56. The molecule has 0 saturated heterocycles. The lowest BCUT2D eigenvalue weighted by Gasteiger charge is -2.23. The summed E-state index contributed by atoms with van der Waals surface area (Å²) in [5, 5.41) is 2.22. The summed E-state index contributed by atoms with van der Waals surface area (Å²) in [6, 6.07) is 32.0. The van der Waals surface area contributed by atoms with Gasteiger partial charge in [-0.05, 0) is 78.4 Å². The second-order valence-corrected chi connectivity index (χ2v) is 10.6. The molecule has 0 spiro atoms. The van der Waals surface area contributed by atoms with Crippen molar-refractivity contribution in [2.75, 3.05) is 6.61 Å². The van der Waals surface area contributed by atoms with Crippen LogP contribution in [0.1, 0.15) is 50.3 Å². The van der Waals surface area contributed by atoms with Crippen LogP contribution in [0, 0.1) is 0 Å². The maximum Gasteiger partial charge on any atom is 0.216 e. The molecule has 0 saturated carbocycles. The molecule has 0 aliphatic heterocycles. The Morgan fingerprint density at radius 3 is 1.67 bits per heavy atom. The molecule has 0 heterocycles. The van der Waals surface area contributed by atoms with Crippen molar-refractivity contribution in [2.45, 2.75) is 53.1 Å². The lowest BCUT2D eigenvalue weighted by atomic mass is 10.1.